The van der Waals surface area contributed by atoms with Crippen molar-refractivity contribution in [1.82, 2.24) is 4.90 Å². The van der Waals surface area contributed by atoms with Crippen molar-refractivity contribution in [1.29, 1.82) is 0 Å². The van der Waals surface area contributed by atoms with Gasteiger partial charge in [-0.05, 0) is 38.5 Å². The van der Waals surface area contributed by atoms with Crippen molar-refractivity contribution >= 4 is 6.09 Å². The molecule has 2 aliphatic rings. The van der Waals surface area contributed by atoms with E-state index in [1.165, 1.54) is 0 Å². The van der Waals surface area contributed by atoms with Crippen LogP contribution in [0.2, 0.25) is 0 Å². The maximum absolute atomic E-state index is 11.9. The Hall–Kier alpha value is -0.770. The van der Waals surface area contributed by atoms with Gasteiger partial charge in [0.25, 0.3) is 0 Å². The van der Waals surface area contributed by atoms with E-state index in [9.17, 15) is 9.90 Å². The van der Waals surface area contributed by atoms with Gasteiger partial charge >= 0.3 is 6.09 Å². The number of carbonyl (C=O) groups excluding carboxylic acids is 1. The van der Waals surface area contributed by atoms with E-state index in [4.69, 9.17) is 4.74 Å². The maximum atomic E-state index is 11.9. The molecule has 0 spiro atoms. The molecule has 0 aromatic carbocycles. The van der Waals surface area contributed by atoms with Gasteiger partial charge in [0.15, 0.2) is 0 Å². The summed E-state index contributed by atoms with van der Waals surface area (Å²) in [5.41, 5.74) is -0.602. The number of piperidine rings is 1. The van der Waals surface area contributed by atoms with Crippen LogP contribution in [-0.4, -0.2) is 40.4 Å². The highest BCUT2D eigenvalue weighted by molar-refractivity contribution is 5.69. The predicted octanol–water partition coefficient (Wildman–Crippen LogP) is 2.16. The second kappa shape index (κ2) is 4.48. The van der Waals surface area contributed by atoms with E-state index in [0.717, 1.165) is 12.8 Å². The Morgan fingerprint density at radius 3 is 2.35 bits per heavy atom. The summed E-state index contributed by atoms with van der Waals surface area (Å²) in [6.45, 7) is 6.36. The average Bonchev–Trinajstić information content (AvgIpc) is 2.52. The van der Waals surface area contributed by atoms with Crippen LogP contribution in [0, 0.1) is 5.92 Å². The minimum Gasteiger partial charge on any atom is -0.450 e. The molecule has 0 aromatic rings. The highest BCUT2D eigenvalue weighted by atomic mass is 16.6. The monoisotopic (exact) mass is 241 g/mol. The lowest BCUT2D eigenvalue weighted by Gasteiger charge is -2.45. The number of fused-ring (bicyclic) bond motifs is 2. The van der Waals surface area contributed by atoms with Gasteiger partial charge < -0.3 is 14.7 Å². The van der Waals surface area contributed by atoms with Crippen molar-refractivity contribution < 1.29 is 14.6 Å². The van der Waals surface area contributed by atoms with Crippen molar-refractivity contribution in [3.05, 3.63) is 0 Å². The molecule has 17 heavy (non-hydrogen) atoms. The summed E-state index contributed by atoms with van der Waals surface area (Å²) in [6, 6.07) is 0.334. The van der Waals surface area contributed by atoms with Gasteiger partial charge in [-0.1, -0.05) is 13.8 Å². The lowest BCUT2D eigenvalue weighted by Crippen LogP contribution is -2.55. The second-order valence-electron chi connectivity index (χ2n) is 5.66. The zero-order valence-electron chi connectivity index (χ0n) is 11.0. The molecule has 2 saturated heterocycles. The van der Waals surface area contributed by atoms with Crippen LogP contribution in [0.3, 0.4) is 0 Å². The molecule has 2 unspecified atom stereocenters. The van der Waals surface area contributed by atoms with Crippen molar-refractivity contribution in [3.8, 4) is 0 Å². The molecule has 0 aliphatic carbocycles. The largest absolute Gasteiger partial charge is 0.450 e. The molecule has 0 radical (unpaired) electrons. The molecule has 0 saturated carbocycles. The zero-order chi connectivity index (χ0) is 12.6. The number of hydrogen-bond acceptors (Lipinski definition) is 3. The van der Waals surface area contributed by atoms with Gasteiger partial charge in [-0.3, -0.25) is 0 Å². The molecule has 2 rings (SSSR count). The third kappa shape index (κ3) is 2.15. The van der Waals surface area contributed by atoms with Crippen LogP contribution in [0.4, 0.5) is 4.79 Å². The topological polar surface area (TPSA) is 49.8 Å². The number of nitrogens with zero attached hydrogens (tertiary/aromatic N) is 1. The van der Waals surface area contributed by atoms with Crippen LogP contribution in [-0.2, 0) is 4.74 Å². The first-order chi connectivity index (χ1) is 7.98. The molecule has 2 atom stereocenters. The molecular weight excluding hydrogens is 218 g/mol. The molecule has 2 fully saturated rings. The number of rotatable bonds is 2. The third-order valence-corrected chi connectivity index (χ3v) is 4.35. The molecule has 2 bridgehead atoms. The highest BCUT2D eigenvalue weighted by Gasteiger charge is 2.50. The van der Waals surface area contributed by atoms with Crippen molar-refractivity contribution in [2.24, 2.45) is 5.92 Å². The Labute approximate surface area is 103 Å². The van der Waals surface area contributed by atoms with Gasteiger partial charge in [0.2, 0.25) is 0 Å². The van der Waals surface area contributed by atoms with Crippen molar-refractivity contribution in [2.45, 2.75) is 64.1 Å². The van der Waals surface area contributed by atoms with Crippen LogP contribution >= 0.6 is 0 Å². The number of aliphatic hydroxyl groups is 1. The first kappa shape index (κ1) is 12.7. The van der Waals surface area contributed by atoms with Crippen LogP contribution < -0.4 is 0 Å². The lowest BCUT2D eigenvalue weighted by atomic mass is 9.78. The fraction of sp³-hybridized carbons (Fsp3) is 0.923. The van der Waals surface area contributed by atoms with Crippen LogP contribution in [0.15, 0.2) is 0 Å². The number of ether oxygens (including phenoxy) is 1. The predicted molar refractivity (Wildman–Crippen MR) is 64.7 cm³/mol. The summed E-state index contributed by atoms with van der Waals surface area (Å²) in [5.74, 6) is 0.245. The fourth-order valence-corrected chi connectivity index (χ4v) is 3.23. The zero-order valence-corrected chi connectivity index (χ0v) is 11.0. The Morgan fingerprint density at radius 2 is 1.94 bits per heavy atom. The third-order valence-electron chi connectivity index (χ3n) is 4.35. The van der Waals surface area contributed by atoms with Crippen molar-refractivity contribution in [2.75, 3.05) is 6.61 Å². The molecule has 1 amide bonds. The average molecular weight is 241 g/mol. The summed E-state index contributed by atoms with van der Waals surface area (Å²) in [6.07, 6.45) is 3.18. The Morgan fingerprint density at radius 1 is 1.41 bits per heavy atom. The molecule has 2 heterocycles. The quantitative estimate of drug-likeness (QED) is 0.806. The molecular formula is C13H23NO3. The normalized spacial score (nSPS) is 36.4. The number of hydrogen-bond donors (Lipinski definition) is 1. The maximum Gasteiger partial charge on any atom is 0.410 e. The Kier molecular flexibility index (Phi) is 3.34. The van der Waals surface area contributed by atoms with Gasteiger partial charge in [0.1, 0.15) is 0 Å². The van der Waals surface area contributed by atoms with Crippen molar-refractivity contribution in [3.63, 3.8) is 0 Å². The summed E-state index contributed by atoms with van der Waals surface area (Å²) in [7, 11) is 0. The van der Waals surface area contributed by atoms with E-state index in [2.05, 4.69) is 13.8 Å². The van der Waals surface area contributed by atoms with Gasteiger partial charge in [-0.25, -0.2) is 4.79 Å². The molecule has 4 heteroatoms. The van der Waals surface area contributed by atoms with Crippen LogP contribution in [0.1, 0.15) is 46.5 Å². The number of amides is 1. The van der Waals surface area contributed by atoms with E-state index in [-0.39, 0.29) is 24.1 Å². The van der Waals surface area contributed by atoms with Gasteiger partial charge in [0, 0.05) is 12.1 Å². The first-order valence-electron chi connectivity index (χ1n) is 6.65. The minimum absolute atomic E-state index is 0.167. The molecule has 2 aliphatic heterocycles. The fourth-order valence-electron chi connectivity index (χ4n) is 3.23. The van der Waals surface area contributed by atoms with Crippen LogP contribution in [0.5, 0.6) is 0 Å². The van der Waals surface area contributed by atoms with E-state index >= 15 is 0 Å². The molecule has 4 nitrogen and oxygen atoms in total. The SMILES string of the molecule is CCOC(=O)N1C2CCC1CC(O)(C(C)C)C2. The summed E-state index contributed by atoms with van der Waals surface area (Å²) in [4.78, 5) is 13.7. The summed E-state index contributed by atoms with van der Waals surface area (Å²) < 4.78 is 5.10. The Bertz CT molecular complexity index is 289. The smallest absolute Gasteiger partial charge is 0.410 e. The highest BCUT2D eigenvalue weighted by Crippen LogP contribution is 2.44. The van der Waals surface area contributed by atoms with E-state index in [1.54, 1.807) is 0 Å². The summed E-state index contributed by atoms with van der Waals surface area (Å²) in [5, 5.41) is 10.6. The van der Waals surface area contributed by atoms with E-state index < -0.39 is 5.60 Å². The minimum atomic E-state index is -0.602. The van der Waals surface area contributed by atoms with Gasteiger partial charge in [-0.2, -0.15) is 0 Å². The second-order valence-corrected chi connectivity index (χ2v) is 5.66. The summed E-state index contributed by atoms with van der Waals surface area (Å²) >= 11 is 0. The van der Waals surface area contributed by atoms with E-state index in [1.807, 2.05) is 11.8 Å². The van der Waals surface area contributed by atoms with Gasteiger partial charge in [-0.15, -0.1) is 0 Å². The molecule has 1 N–H and O–H groups in total. The first-order valence-corrected chi connectivity index (χ1v) is 6.65. The van der Waals surface area contributed by atoms with Crippen LogP contribution in [0.25, 0.3) is 0 Å². The van der Waals surface area contributed by atoms with Gasteiger partial charge in [0.05, 0.1) is 12.2 Å². The van der Waals surface area contributed by atoms with E-state index in [0.29, 0.717) is 19.4 Å². The molecule has 0 aromatic heterocycles. The molecule has 98 valence electrons. The lowest BCUT2D eigenvalue weighted by molar-refractivity contribution is -0.0774. The standard InChI is InChI=1S/C13H23NO3/c1-4-17-12(15)14-10-5-6-11(14)8-13(16,7-10)9(2)3/h9-11,16H,4-8H2,1-3H3. The Balaban J connectivity index is 2.10. The number of carbonyl (C=O) groups is 1.